The van der Waals surface area contributed by atoms with Gasteiger partial charge in [0.1, 0.15) is 5.82 Å². The highest BCUT2D eigenvalue weighted by atomic mass is 35.5. The minimum atomic E-state index is -0.376. The van der Waals surface area contributed by atoms with E-state index in [9.17, 15) is 14.0 Å². The molecule has 4 nitrogen and oxygen atoms in total. The van der Waals surface area contributed by atoms with Crippen LogP contribution in [0, 0.1) is 5.82 Å². The van der Waals surface area contributed by atoms with Crippen molar-refractivity contribution in [3.63, 3.8) is 0 Å². The molecule has 2 aromatic carbocycles. The van der Waals surface area contributed by atoms with Crippen LogP contribution in [0.2, 0.25) is 5.02 Å². The first-order valence-electron chi connectivity index (χ1n) is 8.75. The molecule has 0 N–H and O–H groups in total. The number of nitrogens with zero attached hydrogens (tertiary/aromatic N) is 2. The van der Waals surface area contributed by atoms with Crippen LogP contribution in [0.5, 0.6) is 0 Å². The first-order chi connectivity index (χ1) is 13.5. The standard InChI is InChI=1S/C21H16ClFN2O2S/c1-2-25-20(26)19(28-21(25)27)9-14-12-24(18-6-4-3-5-16(14)18)11-13-7-8-15(23)10-17(13)22/h3-10,12H,2,11H2,1H3/b19-9-. The Balaban J connectivity index is 1.76. The summed E-state index contributed by atoms with van der Waals surface area (Å²) < 4.78 is 15.3. The number of likely N-dealkylation sites (N-methyl/N-ethyl adjacent to an activating group) is 1. The van der Waals surface area contributed by atoms with Crippen LogP contribution in [0.15, 0.2) is 53.6 Å². The summed E-state index contributed by atoms with van der Waals surface area (Å²) in [6, 6.07) is 12.1. The van der Waals surface area contributed by atoms with Gasteiger partial charge in [0.15, 0.2) is 0 Å². The summed E-state index contributed by atoms with van der Waals surface area (Å²) in [5.41, 5.74) is 2.60. The summed E-state index contributed by atoms with van der Waals surface area (Å²) in [5, 5.41) is 1.08. The highest BCUT2D eigenvalue weighted by Crippen LogP contribution is 2.34. The molecule has 0 radical (unpaired) electrons. The quantitative estimate of drug-likeness (QED) is 0.526. The predicted molar refractivity (Wildman–Crippen MR) is 111 cm³/mol. The van der Waals surface area contributed by atoms with Crippen LogP contribution in [0.25, 0.3) is 17.0 Å². The van der Waals surface area contributed by atoms with Gasteiger partial charge >= 0.3 is 0 Å². The Kier molecular flexibility index (Phi) is 5.00. The molecular formula is C21H16ClFN2O2S. The van der Waals surface area contributed by atoms with Gasteiger partial charge in [0.2, 0.25) is 0 Å². The Labute approximate surface area is 170 Å². The molecule has 0 aliphatic carbocycles. The Morgan fingerprint density at radius 3 is 2.68 bits per heavy atom. The van der Waals surface area contributed by atoms with Crippen molar-refractivity contribution in [3.8, 4) is 0 Å². The Morgan fingerprint density at radius 2 is 1.96 bits per heavy atom. The highest BCUT2D eigenvalue weighted by molar-refractivity contribution is 8.18. The number of para-hydroxylation sites is 1. The third-order valence-electron chi connectivity index (χ3n) is 4.65. The number of aromatic nitrogens is 1. The number of fused-ring (bicyclic) bond motifs is 1. The molecule has 1 aliphatic heterocycles. The zero-order valence-corrected chi connectivity index (χ0v) is 16.6. The monoisotopic (exact) mass is 414 g/mol. The number of rotatable bonds is 4. The minimum absolute atomic E-state index is 0.249. The van der Waals surface area contributed by atoms with Gasteiger partial charge in [0.05, 0.1) is 4.91 Å². The summed E-state index contributed by atoms with van der Waals surface area (Å²) in [4.78, 5) is 26.0. The second-order valence-corrected chi connectivity index (χ2v) is 7.79. The van der Waals surface area contributed by atoms with Crippen molar-refractivity contribution in [2.45, 2.75) is 13.5 Å². The van der Waals surface area contributed by atoms with Crippen molar-refractivity contribution >= 4 is 51.5 Å². The molecule has 1 aromatic heterocycles. The maximum absolute atomic E-state index is 13.3. The third-order valence-corrected chi connectivity index (χ3v) is 5.91. The average Bonchev–Trinajstić information content (AvgIpc) is 3.15. The molecular weight excluding hydrogens is 399 g/mol. The van der Waals surface area contributed by atoms with Crippen molar-refractivity contribution < 1.29 is 14.0 Å². The summed E-state index contributed by atoms with van der Waals surface area (Å²) in [7, 11) is 0. The van der Waals surface area contributed by atoms with E-state index in [1.165, 1.54) is 17.0 Å². The van der Waals surface area contributed by atoms with Gasteiger partial charge in [0.25, 0.3) is 11.1 Å². The van der Waals surface area contributed by atoms with Gasteiger partial charge in [-0.2, -0.15) is 0 Å². The van der Waals surface area contributed by atoms with Crippen LogP contribution in [0.4, 0.5) is 9.18 Å². The normalized spacial score (nSPS) is 16.0. The molecule has 1 saturated heterocycles. The van der Waals surface area contributed by atoms with E-state index in [1.54, 1.807) is 19.1 Å². The van der Waals surface area contributed by atoms with Crippen molar-refractivity contribution in [2.75, 3.05) is 6.54 Å². The van der Waals surface area contributed by atoms with Crippen molar-refractivity contribution in [3.05, 3.63) is 75.5 Å². The molecule has 0 saturated carbocycles. The van der Waals surface area contributed by atoms with Gasteiger partial charge in [-0.05, 0) is 48.5 Å². The number of amides is 2. The van der Waals surface area contributed by atoms with Crippen molar-refractivity contribution in [1.29, 1.82) is 0 Å². The van der Waals surface area contributed by atoms with Gasteiger partial charge < -0.3 is 4.57 Å². The van der Waals surface area contributed by atoms with Crippen LogP contribution >= 0.6 is 23.4 Å². The third kappa shape index (κ3) is 3.34. The number of halogens is 2. The maximum Gasteiger partial charge on any atom is 0.293 e. The van der Waals surface area contributed by atoms with E-state index in [0.717, 1.165) is 33.8 Å². The summed E-state index contributed by atoms with van der Waals surface area (Å²) in [6.07, 6.45) is 3.68. The van der Waals surface area contributed by atoms with Crippen LogP contribution in [0.1, 0.15) is 18.1 Å². The molecule has 3 aromatic rings. The lowest BCUT2D eigenvalue weighted by atomic mass is 10.1. The van der Waals surface area contributed by atoms with E-state index in [1.807, 2.05) is 35.0 Å². The van der Waals surface area contributed by atoms with Crippen molar-refractivity contribution in [1.82, 2.24) is 9.47 Å². The second kappa shape index (κ2) is 7.45. The fourth-order valence-corrected chi connectivity index (χ4v) is 4.39. The molecule has 0 atom stereocenters. The van der Waals surface area contributed by atoms with Crippen LogP contribution < -0.4 is 0 Å². The average molecular weight is 415 g/mol. The Hall–Kier alpha value is -2.57. The van der Waals surface area contributed by atoms with Crippen LogP contribution in [-0.4, -0.2) is 27.2 Å². The zero-order chi connectivity index (χ0) is 19.8. The van der Waals surface area contributed by atoms with Gasteiger partial charge in [-0.3, -0.25) is 14.5 Å². The number of benzene rings is 2. The molecule has 7 heteroatoms. The fourth-order valence-electron chi connectivity index (χ4n) is 3.27. The molecule has 1 aliphatic rings. The predicted octanol–water partition coefficient (Wildman–Crippen LogP) is 5.54. The SMILES string of the molecule is CCN1C(=O)S/C(=C\c2cn(Cc3ccc(F)cc3Cl)c3ccccc23)C1=O. The van der Waals surface area contributed by atoms with Crippen LogP contribution in [-0.2, 0) is 11.3 Å². The van der Waals surface area contributed by atoms with Crippen molar-refractivity contribution in [2.24, 2.45) is 0 Å². The number of imide groups is 1. The lowest BCUT2D eigenvalue weighted by Gasteiger charge is -2.07. The lowest BCUT2D eigenvalue weighted by Crippen LogP contribution is -2.27. The molecule has 28 heavy (non-hydrogen) atoms. The van der Waals surface area contributed by atoms with E-state index >= 15 is 0 Å². The molecule has 1 fully saturated rings. The van der Waals surface area contributed by atoms with Crippen LogP contribution in [0.3, 0.4) is 0 Å². The molecule has 0 bridgehead atoms. The molecule has 142 valence electrons. The number of carbonyl (C=O) groups is 2. The highest BCUT2D eigenvalue weighted by Gasteiger charge is 2.33. The first-order valence-corrected chi connectivity index (χ1v) is 9.94. The molecule has 2 amide bonds. The first kappa shape index (κ1) is 18.8. The largest absolute Gasteiger partial charge is 0.342 e. The smallest absolute Gasteiger partial charge is 0.293 e. The Bertz CT molecular complexity index is 1140. The zero-order valence-electron chi connectivity index (χ0n) is 15.0. The van der Waals surface area contributed by atoms with E-state index in [-0.39, 0.29) is 17.0 Å². The number of carbonyl (C=O) groups excluding carboxylic acids is 2. The number of hydrogen-bond acceptors (Lipinski definition) is 3. The molecule has 2 heterocycles. The Morgan fingerprint density at radius 1 is 1.18 bits per heavy atom. The number of hydrogen-bond donors (Lipinski definition) is 0. The maximum atomic E-state index is 13.3. The number of thioether (sulfide) groups is 1. The van der Waals surface area contributed by atoms with E-state index in [0.29, 0.717) is 23.0 Å². The van der Waals surface area contributed by atoms with Gasteiger partial charge in [-0.25, -0.2) is 4.39 Å². The van der Waals surface area contributed by atoms with E-state index in [2.05, 4.69) is 0 Å². The van der Waals surface area contributed by atoms with Gasteiger partial charge in [-0.15, -0.1) is 0 Å². The fraction of sp³-hybridized carbons (Fsp3) is 0.143. The lowest BCUT2D eigenvalue weighted by molar-refractivity contribution is -0.122. The van der Waals surface area contributed by atoms with E-state index in [4.69, 9.17) is 11.6 Å². The summed E-state index contributed by atoms with van der Waals surface area (Å²) in [5.74, 6) is -0.644. The summed E-state index contributed by atoms with van der Waals surface area (Å²) in [6.45, 7) is 2.59. The topological polar surface area (TPSA) is 42.3 Å². The van der Waals surface area contributed by atoms with E-state index < -0.39 is 0 Å². The minimum Gasteiger partial charge on any atom is -0.342 e. The van der Waals surface area contributed by atoms with Gasteiger partial charge in [0, 0.05) is 40.8 Å². The molecule has 0 spiro atoms. The molecule has 0 unspecified atom stereocenters. The molecule has 4 rings (SSSR count). The summed E-state index contributed by atoms with van der Waals surface area (Å²) >= 11 is 7.14. The van der Waals surface area contributed by atoms with Gasteiger partial charge in [-0.1, -0.05) is 35.9 Å². The second-order valence-electron chi connectivity index (χ2n) is 6.39.